The van der Waals surface area contributed by atoms with E-state index >= 15 is 0 Å². The van der Waals surface area contributed by atoms with E-state index in [4.69, 9.17) is 10.5 Å². The molecule has 0 aliphatic rings. The van der Waals surface area contributed by atoms with Gasteiger partial charge in [0.15, 0.2) is 0 Å². The molecule has 100 valence electrons. The Balaban J connectivity index is 2.59. The Morgan fingerprint density at radius 1 is 1.39 bits per heavy atom. The summed E-state index contributed by atoms with van der Waals surface area (Å²) in [5.41, 5.74) is 6.62. The van der Waals surface area contributed by atoms with E-state index in [9.17, 15) is 4.79 Å². The second-order valence-corrected chi connectivity index (χ2v) is 4.71. The third-order valence-electron chi connectivity index (χ3n) is 2.69. The van der Waals surface area contributed by atoms with Crippen molar-refractivity contribution in [2.75, 3.05) is 19.0 Å². The minimum atomic E-state index is -0.556. The molecule has 5 heteroatoms. The number of primary amides is 1. The number of nitrogens with one attached hydrogen (secondary N) is 2. The van der Waals surface area contributed by atoms with Crippen molar-refractivity contribution in [3.63, 3.8) is 0 Å². The number of para-hydroxylation sites is 1. The van der Waals surface area contributed by atoms with Crippen LogP contribution < -0.4 is 16.4 Å². The molecule has 0 fully saturated rings. The van der Waals surface area contributed by atoms with E-state index in [0.717, 1.165) is 11.3 Å². The van der Waals surface area contributed by atoms with Gasteiger partial charge in [-0.2, -0.15) is 0 Å². The second-order valence-electron chi connectivity index (χ2n) is 4.71. The molecule has 0 aliphatic carbocycles. The molecule has 0 saturated heterocycles. The molecular weight excluding hydrogens is 230 g/mol. The first-order chi connectivity index (χ1) is 8.44. The summed E-state index contributed by atoms with van der Waals surface area (Å²) < 4.78 is 5.32. The van der Waals surface area contributed by atoms with E-state index in [1.54, 1.807) is 7.11 Å². The maximum Gasteiger partial charge on any atom is 0.316 e. The lowest BCUT2D eigenvalue weighted by atomic mass is 10.1. The smallest absolute Gasteiger partial charge is 0.316 e. The van der Waals surface area contributed by atoms with Gasteiger partial charge in [0.1, 0.15) is 0 Å². The summed E-state index contributed by atoms with van der Waals surface area (Å²) in [4.78, 5) is 10.9. The van der Waals surface area contributed by atoms with Crippen LogP contribution in [0.2, 0.25) is 0 Å². The van der Waals surface area contributed by atoms with Crippen molar-refractivity contribution in [2.24, 2.45) is 5.73 Å². The van der Waals surface area contributed by atoms with Crippen LogP contribution in [0.15, 0.2) is 24.3 Å². The van der Waals surface area contributed by atoms with Gasteiger partial charge in [-0.25, -0.2) is 4.79 Å². The summed E-state index contributed by atoms with van der Waals surface area (Å²) in [6.07, 6.45) is 0. The molecule has 5 nitrogen and oxygen atoms in total. The van der Waals surface area contributed by atoms with E-state index in [0.29, 0.717) is 13.1 Å². The maximum absolute atomic E-state index is 10.9. The zero-order valence-corrected chi connectivity index (χ0v) is 11.1. The summed E-state index contributed by atoms with van der Waals surface area (Å²) in [6, 6.07) is 6.99. The number of amides is 2. The fourth-order valence-electron chi connectivity index (χ4n) is 1.50. The Morgan fingerprint density at radius 2 is 2.06 bits per heavy atom. The number of urea groups is 1. The van der Waals surface area contributed by atoms with Gasteiger partial charge >= 0.3 is 6.03 Å². The number of carbonyl (C=O) groups excluding carboxylic acids is 1. The number of rotatable bonds is 6. The van der Waals surface area contributed by atoms with Gasteiger partial charge in [0.05, 0.1) is 5.60 Å². The lowest BCUT2D eigenvalue weighted by Gasteiger charge is -2.23. The lowest BCUT2D eigenvalue weighted by molar-refractivity contribution is 0.0231. The van der Waals surface area contributed by atoms with Crippen LogP contribution in [0.1, 0.15) is 19.4 Å². The Kier molecular flexibility index (Phi) is 5.12. The highest BCUT2D eigenvalue weighted by molar-refractivity contribution is 5.88. The molecule has 0 aliphatic heterocycles. The molecule has 0 aromatic heterocycles. The van der Waals surface area contributed by atoms with Crippen molar-refractivity contribution in [1.82, 2.24) is 5.32 Å². The van der Waals surface area contributed by atoms with Crippen LogP contribution in [0.3, 0.4) is 0 Å². The lowest BCUT2D eigenvalue weighted by Crippen LogP contribution is -2.36. The van der Waals surface area contributed by atoms with Gasteiger partial charge in [-0.3, -0.25) is 0 Å². The van der Waals surface area contributed by atoms with Crippen LogP contribution in [0.25, 0.3) is 0 Å². The molecule has 0 atom stereocenters. The second kappa shape index (κ2) is 6.37. The van der Waals surface area contributed by atoms with Crippen LogP contribution in [-0.4, -0.2) is 25.3 Å². The number of hydrogen-bond acceptors (Lipinski definition) is 3. The molecule has 0 radical (unpaired) electrons. The Hall–Kier alpha value is -1.59. The van der Waals surface area contributed by atoms with Crippen molar-refractivity contribution in [2.45, 2.75) is 26.0 Å². The summed E-state index contributed by atoms with van der Waals surface area (Å²) >= 11 is 0. The van der Waals surface area contributed by atoms with Crippen molar-refractivity contribution in [3.8, 4) is 0 Å². The quantitative estimate of drug-likeness (QED) is 0.720. The zero-order chi connectivity index (χ0) is 13.6. The summed E-state index contributed by atoms with van der Waals surface area (Å²) in [7, 11) is 1.68. The molecule has 18 heavy (non-hydrogen) atoms. The first kappa shape index (κ1) is 14.5. The molecule has 0 saturated carbocycles. The number of hydrogen-bond donors (Lipinski definition) is 3. The average Bonchev–Trinajstić information content (AvgIpc) is 2.30. The number of nitrogens with two attached hydrogens (primary N) is 1. The van der Waals surface area contributed by atoms with Gasteiger partial charge < -0.3 is 21.1 Å². The third kappa shape index (κ3) is 4.73. The number of ether oxygens (including phenoxy) is 1. The fourth-order valence-corrected chi connectivity index (χ4v) is 1.50. The summed E-state index contributed by atoms with van der Waals surface area (Å²) in [6.45, 7) is 5.37. The predicted octanol–water partition coefficient (Wildman–Crippen LogP) is 1.69. The van der Waals surface area contributed by atoms with Crippen LogP contribution in [0.4, 0.5) is 10.5 Å². The molecule has 1 rings (SSSR count). The first-order valence-corrected chi connectivity index (χ1v) is 5.85. The SMILES string of the molecule is COC(C)(C)CNCc1ccccc1NC(N)=O. The molecule has 2 amide bonds. The van der Waals surface area contributed by atoms with Gasteiger partial charge in [0.2, 0.25) is 0 Å². The Bertz CT molecular complexity index is 405. The third-order valence-corrected chi connectivity index (χ3v) is 2.69. The summed E-state index contributed by atoms with van der Waals surface area (Å²) in [5.74, 6) is 0. The Labute approximate surface area is 108 Å². The molecule has 0 bridgehead atoms. The summed E-state index contributed by atoms with van der Waals surface area (Å²) in [5, 5.41) is 5.89. The van der Waals surface area contributed by atoms with Gasteiger partial charge in [0, 0.05) is 25.9 Å². The zero-order valence-electron chi connectivity index (χ0n) is 11.1. The van der Waals surface area contributed by atoms with Crippen molar-refractivity contribution >= 4 is 11.7 Å². The predicted molar refractivity (Wildman–Crippen MR) is 72.4 cm³/mol. The number of benzene rings is 1. The molecular formula is C13H21N3O2. The largest absolute Gasteiger partial charge is 0.377 e. The highest BCUT2D eigenvalue weighted by Crippen LogP contribution is 2.15. The topological polar surface area (TPSA) is 76.4 Å². The molecule has 0 heterocycles. The monoisotopic (exact) mass is 251 g/mol. The normalized spacial score (nSPS) is 11.3. The molecule has 1 aromatic rings. The van der Waals surface area contributed by atoms with Crippen LogP contribution in [0.5, 0.6) is 0 Å². The number of anilines is 1. The minimum Gasteiger partial charge on any atom is -0.377 e. The molecule has 1 aromatic carbocycles. The molecule has 4 N–H and O–H groups in total. The van der Waals surface area contributed by atoms with Crippen molar-refractivity contribution in [1.29, 1.82) is 0 Å². The fraction of sp³-hybridized carbons (Fsp3) is 0.462. The minimum absolute atomic E-state index is 0.216. The van der Waals surface area contributed by atoms with Crippen molar-refractivity contribution < 1.29 is 9.53 Å². The van der Waals surface area contributed by atoms with Crippen LogP contribution in [-0.2, 0) is 11.3 Å². The van der Waals surface area contributed by atoms with Crippen molar-refractivity contribution in [3.05, 3.63) is 29.8 Å². The molecule has 0 unspecified atom stereocenters. The van der Waals surface area contributed by atoms with Gasteiger partial charge in [-0.05, 0) is 25.5 Å². The number of methoxy groups -OCH3 is 1. The Morgan fingerprint density at radius 3 is 2.67 bits per heavy atom. The van der Waals surface area contributed by atoms with Gasteiger partial charge in [0.25, 0.3) is 0 Å². The highest BCUT2D eigenvalue weighted by Gasteiger charge is 2.15. The van der Waals surface area contributed by atoms with E-state index < -0.39 is 6.03 Å². The first-order valence-electron chi connectivity index (χ1n) is 5.85. The van der Waals surface area contributed by atoms with E-state index in [2.05, 4.69) is 10.6 Å². The van der Waals surface area contributed by atoms with Crippen LogP contribution in [0, 0.1) is 0 Å². The average molecular weight is 251 g/mol. The van der Waals surface area contributed by atoms with E-state index in [1.807, 2.05) is 38.1 Å². The standard InChI is InChI=1S/C13H21N3O2/c1-13(2,18-3)9-15-8-10-6-4-5-7-11(10)16-12(14)17/h4-7,15H,8-9H2,1-3H3,(H3,14,16,17). The van der Waals surface area contributed by atoms with E-state index in [-0.39, 0.29) is 5.60 Å². The van der Waals surface area contributed by atoms with E-state index in [1.165, 1.54) is 0 Å². The van der Waals surface area contributed by atoms with Gasteiger partial charge in [-0.15, -0.1) is 0 Å². The number of carbonyl (C=O) groups is 1. The van der Waals surface area contributed by atoms with Crippen LogP contribution >= 0.6 is 0 Å². The molecule has 0 spiro atoms. The highest BCUT2D eigenvalue weighted by atomic mass is 16.5. The maximum atomic E-state index is 10.9. The van der Waals surface area contributed by atoms with Gasteiger partial charge in [-0.1, -0.05) is 18.2 Å².